The number of rotatable bonds is 4. The normalized spacial score (nSPS) is 16.7. The minimum Gasteiger partial charge on any atom is -0.465 e. The Balaban J connectivity index is 0.00000264. The largest absolute Gasteiger partial charge is 0.465 e. The predicted molar refractivity (Wildman–Crippen MR) is 90.6 cm³/mol. The summed E-state index contributed by atoms with van der Waals surface area (Å²) in [4.78, 5) is 11.9. The van der Waals surface area contributed by atoms with E-state index in [1.54, 1.807) is 25.1 Å². The summed E-state index contributed by atoms with van der Waals surface area (Å²) in [5.41, 5.74) is 0.721. The maximum Gasteiger partial charge on any atom is 0.338 e. The summed E-state index contributed by atoms with van der Waals surface area (Å²) in [6, 6.07) is 5.05. The van der Waals surface area contributed by atoms with Crippen LogP contribution in [0, 0.1) is 6.92 Å². The molecule has 0 bridgehead atoms. The molecule has 0 radical (unpaired) electrons. The lowest BCUT2D eigenvalue weighted by atomic mass is 10.1. The van der Waals surface area contributed by atoms with Crippen molar-refractivity contribution in [3.63, 3.8) is 0 Å². The number of hydrogen-bond acceptors (Lipinski definition) is 5. The van der Waals surface area contributed by atoms with Gasteiger partial charge in [-0.25, -0.2) is 13.2 Å². The molecule has 1 aromatic carbocycles. The second kappa shape index (κ2) is 8.10. The fraction of sp³-hybridized carbons (Fsp3) is 0.533. The van der Waals surface area contributed by atoms with Crippen molar-refractivity contribution in [1.82, 2.24) is 9.62 Å². The molecule has 0 amide bonds. The molecule has 1 aliphatic heterocycles. The monoisotopic (exact) mass is 362 g/mol. The van der Waals surface area contributed by atoms with Gasteiger partial charge in [0.25, 0.3) is 0 Å². The molecule has 0 aliphatic carbocycles. The van der Waals surface area contributed by atoms with Crippen molar-refractivity contribution in [2.75, 3.05) is 27.2 Å². The molecule has 8 heteroatoms. The number of esters is 1. The second-order valence-corrected chi connectivity index (χ2v) is 7.29. The molecule has 1 heterocycles. The van der Waals surface area contributed by atoms with Crippen molar-refractivity contribution in [1.29, 1.82) is 0 Å². The molecule has 6 nitrogen and oxygen atoms in total. The van der Waals surface area contributed by atoms with Gasteiger partial charge in [-0.2, -0.15) is 4.31 Å². The number of benzene rings is 1. The smallest absolute Gasteiger partial charge is 0.338 e. The van der Waals surface area contributed by atoms with Gasteiger partial charge in [-0.05, 0) is 44.5 Å². The van der Waals surface area contributed by atoms with Crippen molar-refractivity contribution < 1.29 is 17.9 Å². The highest BCUT2D eigenvalue weighted by Gasteiger charge is 2.31. The molecule has 2 rings (SSSR count). The molecule has 0 unspecified atom stereocenters. The third-order valence-electron chi connectivity index (χ3n) is 4.17. The van der Waals surface area contributed by atoms with Crippen molar-refractivity contribution in [3.8, 4) is 0 Å². The van der Waals surface area contributed by atoms with Crippen LogP contribution in [0.15, 0.2) is 23.1 Å². The summed E-state index contributed by atoms with van der Waals surface area (Å²) in [6.45, 7) is 2.60. The highest BCUT2D eigenvalue weighted by Crippen LogP contribution is 2.25. The van der Waals surface area contributed by atoms with Gasteiger partial charge in [-0.15, -0.1) is 12.4 Å². The molecule has 1 aliphatic rings. The Bertz CT molecular complexity index is 655. The Morgan fingerprint density at radius 3 is 2.43 bits per heavy atom. The Morgan fingerprint density at radius 2 is 1.91 bits per heavy atom. The third kappa shape index (κ3) is 4.03. The van der Waals surface area contributed by atoms with Crippen LogP contribution in [0.1, 0.15) is 28.8 Å². The van der Waals surface area contributed by atoms with Crippen molar-refractivity contribution >= 4 is 28.4 Å². The first kappa shape index (κ1) is 19.9. The van der Waals surface area contributed by atoms with Crippen LogP contribution >= 0.6 is 12.4 Å². The molecule has 130 valence electrons. The topological polar surface area (TPSA) is 75.7 Å². The first-order valence-electron chi connectivity index (χ1n) is 7.27. The van der Waals surface area contributed by atoms with Gasteiger partial charge < -0.3 is 10.1 Å². The van der Waals surface area contributed by atoms with Gasteiger partial charge >= 0.3 is 5.97 Å². The minimum absolute atomic E-state index is 0. The van der Waals surface area contributed by atoms with E-state index in [0.717, 1.165) is 12.8 Å². The summed E-state index contributed by atoms with van der Waals surface area (Å²) in [5.74, 6) is -0.525. The van der Waals surface area contributed by atoms with E-state index in [1.807, 2.05) is 7.05 Å². The van der Waals surface area contributed by atoms with Gasteiger partial charge in [-0.1, -0.05) is 6.07 Å². The van der Waals surface area contributed by atoms with Crippen LogP contribution < -0.4 is 5.32 Å². The van der Waals surface area contributed by atoms with Crippen molar-refractivity contribution in [2.45, 2.75) is 30.7 Å². The van der Waals surface area contributed by atoms with Crippen LogP contribution in [0.2, 0.25) is 0 Å². The van der Waals surface area contributed by atoms with Crippen molar-refractivity contribution in [2.24, 2.45) is 0 Å². The van der Waals surface area contributed by atoms with Crippen LogP contribution in [-0.4, -0.2) is 52.0 Å². The highest BCUT2D eigenvalue weighted by atomic mass is 35.5. The van der Waals surface area contributed by atoms with Crippen LogP contribution in [0.25, 0.3) is 0 Å². The SMILES string of the molecule is CNC1CCN(S(=O)(=O)c2cccc(C(=O)OC)c2C)CC1.Cl. The number of halogens is 1. The molecule has 1 N–H and O–H groups in total. The molecular formula is C15H23ClN2O4S. The van der Waals surface area contributed by atoms with Gasteiger partial charge in [0, 0.05) is 19.1 Å². The Kier molecular flexibility index (Phi) is 7.01. The maximum atomic E-state index is 12.8. The fourth-order valence-electron chi connectivity index (χ4n) is 2.75. The zero-order valence-corrected chi connectivity index (χ0v) is 15.2. The number of carbonyl (C=O) groups is 1. The Morgan fingerprint density at radius 1 is 1.30 bits per heavy atom. The lowest BCUT2D eigenvalue weighted by Gasteiger charge is -2.31. The first-order chi connectivity index (χ1) is 10.4. The number of hydrogen-bond donors (Lipinski definition) is 1. The van der Waals surface area contributed by atoms with Gasteiger partial charge in [0.15, 0.2) is 0 Å². The summed E-state index contributed by atoms with van der Waals surface area (Å²) < 4.78 is 31.8. The Hall–Kier alpha value is -1.15. The van der Waals surface area contributed by atoms with Gasteiger partial charge in [0.05, 0.1) is 17.6 Å². The second-order valence-electron chi connectivity index (χ2n) is 5.39. The van der Waals surface area contributed by atoms with Gasteiger partial charge in [0.2, 0.25) is 10.0 Å². The molecule has 0 atom stereocenters. The van der Waals surface area contributed by atoms with Crippen molar-refractivity contribution in [3.05, 3.63) is 29.3 Å². The fourth-order valence-corrected chi connectivity index (χ4v) is 4.47. The molecule has 1 aromatic rings. The summed E-state index contributed by atoms with van der Waals surface area (Å²) in [7, 11) is -0.420. The third-order valence-corrected chi connectivity index (χ3v) is 6.21. The van der Waals surface area contributed by atoms with E-state index in [1.165, 1.54) is 11.4 Å². The molecule has 1 saturated heterocycles. The van der Waals surface area contributed by atoms with Crippen LogP contribution in [0.5, 0.6) is 0 Å². The highest BCUT2D eigenvalue weighted by molar-refractivity contribution is 7.89. The number of piperidine rings is 1. The molecule has 0 spiro atoms. The van der Waals surface area contributed by atoms with Gasteiger partial charge in [0.1, 0.15) is 0 Å². The van der Waals surface area contributed by atoms with E-state index < -0.39 is 16.0 Å². The van der Waals surface area contributed by atoms with E-state index in [-0.39, 0.29) is 22.9 Å². The molecule has 0 aromatic heterocycles. The quantitative estimate of drug-likeness (QED) is 0.823. The van der Waals surface area contributed by atoms with E-state index in [0.29, 0.717) is 24.7 Å². The molecule has 1 fully saturated rings. The van der Waals surface area contributed by atoms with Crippen LogP contribution in [-0.2, 0) is 14.8 Å². The summed E-state index contributed by atoms with van der Waals surface area (Å²) in [5, 5.41) is 3.18. The first-order valence-corrected chi connectivity index (χ1v) is 8.71. The Labute approximate surface area is 143 Å². The zero-order chi connectivity index (χ0) is 16.3. The predicted octanol–water partition coefficient (Wildman–Crippen LogP) is 1.58. The minimum atomic E-state index is -3.59. The zero-order valence-electron chi connectivity index (χ0n) is 13.5. The molecule has 0 saturated carbocycles. The van der Waals surface area contributed by atoms with Gasteiger partial charge in [-0.3, -0.25) is 0 Å². The van der Waals surface area contributed by atoms with Crippen LogP contribution in [0.4, 0.5) is 0 Å². The average Bonchev–Trinajstić information content (AvgIpc) is 2.54. The summed E-state index contributed by atoms with van der Waals surface area (Å²) in [6.07, 6.45) is 1.57. The van der Waals surface area contributed by atoms with E-state index in [4.69, 9.17) is 4.74 Å². The molecular weight excluding hydrogens is 340 g/mol. The number of methoxy groups -OCH3 is 1. The van der Waals surface area contributed by atoms with E-state index >= 15 is 0 Å². The standard InChI is InChI=1S/C15H22N2O4S.ClH/c1-11-13(15(18)21-3)5-4-6-14(11)22(19,20)17-9-7-12(16-2)8-10-17;/h4-6,12,16H,7-10H2,1-3H3;1H. The number of ether oxygens (including phenoxy) is 1. The number of carbonyl (C=O) groups excluding carboxylic acids is 1. The maximum absolute atomic E-state index is 12.8. The summed E-state index contributed by atoms with van der Waals surface area (Å²) >= 11 is 0. The molecule has 23 heavy (non-hydrogen) atoms. The van der Waals surface area contributed by atoms with E-state index in [2.05, 4.69) is 5.32 Å². The number of nitrogens with one attached hydrogen (secondary N) is 1. The lowest BCUT2D eigenvalue weighted by Crippen LogP contribution is -2.44. The van der Waals surface area contributed by atoms with E-state index in [9.17, 15) is 13.2 Å². The van der Waals surface area contributed by atoms with Crippen LogP contribution in [0.3, 0.4) is 0 Å². The number of nitrogens with zero attached hydrogens (tertiary/aromatic N) is 1. The average molecular weight is 363 g/mol. The number of sulfonamides is 1. The lowest BCUT2D eigenvalue weighted by molar-refractivity contribution is 0.0599.